The number of piperazine rings is 1. The molecule has 0 spiro atoms. The summed E-state index contributed by atoms with van der Waals surface area (Å²) in [4.78, 5) is 15.5. The zero-order valence-corrected chi connectivity index (χ0v) is 9.20. The average Bonchev–Trinajstić information content (AvgIpc) is 2.17. The minimum Gasteiger partial charge on any atom is -0.370 e. The van der Waals surface area contributed by atoms with E-state index in [2.05, 4.69) is 23.6 Å². The van der Waals surface area contributed by atoms with Gasteiger partial charge in [0.05, 0.1) is 0 Å². The lowest BCUT2D eigenvalue weighted by molar-refractivity contribution is -0.119. The molecule has 0 aromatic carbocycles. The van der Waals surface area contributed by atoms with Gasteiger partial charge in [0.15, 0.2) is 0 Å². The molecule has 0 aliphatic carbocycles. The molecule has 0 radical (unpaired) electrons. The van der Waals surface area contributed by atoms with Crippen molar-refractivity contribution in [2.24, 2.45) is 5.73 Å². The van der Waals surface area contributed by atoms with E-state index in [1.165, 1.54) is 0 Å². The van der Waals surface area contributed by atoms with E-state index in [1.54, 1.807) is 0 Å². The van der Waals surface area contributed by atoms with Crippen molar-refractivity contribution < 1.29 is 4.79 Å². The van der Waals surface area contributed by atoms with E-state index in [1.807, 2.05) is 0 Å². The zero-order chi connectivity index (χ0) is 10.6. The summed E-state index contributed by atoms with van der Waals surface area (Å²) in [6, 6.07) is 0.298. The molecule has 14 heavy (non-hydrogen) atoms. The lowest BCUT2D eigenvalue weighted by atomic mass is 10.1. The second-order valence-corrected chi connectivity index (χ2v) is 3.99. The van der Waals surface area contributed by atoms with Gasteiger partial charge in [-0.3, -0.25) is 9.69 Å². The fourth-order valence-corrected chi connectivity index (χ4v) is 1.94. The topological polar surface area (TPSA) is 49.6 Å². The van der Waals surface area contributed by atoms with Crippen LogP contribution < -0.4 is 5.73 Å². The fraction of sp³-hybridized carbons (Fsp3) is 0.900. The summed E-state index contributed by atoms with van der Waals surface area (Å²) in [5, 5.41) is 0. The van der Waals surface area contributed by atoms with Gasteiger partial charge in [-0.15, -0.1) is 0 Å². The first-order chi connectivity index (χ1) is 6.63. The number of rotatable bonds is 4. The predicted molar refractivity (Wildman–Crippen MR) is 57.0 cm³/mol. The molecule has 1 aliphatic rings. The standard InChI is InChI=1S/C10H21N3O/c1-3-12-4-6-13(7-5-12)9(2)8-10(11)14/h9H,3-8H2,1-2H3,(H2,11,14). The summed E-state index contributed by atoms with van der Waals surface area (Å²) >= 11 is 0. The molecular weight excluding hydrogens is 178 g/mol. The van der Waals surface area contributed by atoms with Gasteiger partial charge in [0.25, 0.3) is 0 Å². The van der Waals surface area contributed by atoms with Gasteiger partial charge in [-0.05, 0) is 13.5 Å². The molecular formula is C10H21N3O. The third-order valence-corrected chi connectivity index (χ3v) is 2.97. The van der Waals surface area contributed by atoms with Gasteiger partial charge < -0.3 is 10.6 Å². The second kappa shape index (κ2) is 5.32. The Balaban J connectivity index is 2.30. The number of nitrogens with zero attached hydrogens (tertiary/aromatic N) is 2. The second-order valence-electron chi connectivity index (χ2n) is 3.99. The van der Waals surface area contributed by atoms with E-state index in [0.717, 1.165) is 32.7 Å². The van der Waals surface area contributed by atoms with Crippen molar-refractivity contribution in [1.82, 2.24) is 9.80 Å². The molecule has 1 unspecified atom stereocenters. The van der Waals surface area contributed by atoms with Crippen LogP contribution in [0.4, 0.5) is 0 Å². The van der Waals surface area contributed by atoms with E-state index in [-0.39, 0.29) is 5.91 Å². The highest BCUT2D eigenvalue weighted by Crippen LogP contribution is 2.08. The van der Waals surface area contributed by atoms with Crippen molar-refractivity contribution in [3.63, 3.8) is 0 Å². The normalized spacial score (nSPS) is 22.1. The van der Waals surface area contributed by atoms with Crippen molar-refractivity contribution >= 4 is 5.91 Å². The highest BCUT2D eigenvalue weighted by molar-refractivity contribution is 5.74. The number of hydrogen-bond donors (Lipinski definition) is 1. The molecule has 2 N–H and O–H groups in total. The van der Waals surface area contributed by atoms with Gasteiger partial charge in [-0.1, -0.05) is 6.92 Å². The lowest BCUT2D eigenvalue weighted by Gasteiger charge is -2.37. The number of hydrogen-bond acceptors (Lipinski definition) is 3. The third kappa shape index (κ3) is 3.27. The number of amides is 1. The molecule has 0 bridgehead atoms. The molecule has 0 aromatic heterocycles. The Kier molecular flexibility index (Phi) is 4.35. The Bertz CT molecular complexity index is 188. The van der Waals surface area contributed by atoms with Crippen LogP contribution in [0.2, 0.25) is 0 Å². The summed E-state index contributed by atoms with van der Waals surface area (Å²) in [6.45, 7) is 9.72. The van der Waals surface area contributed by atoms with Crippen LogP contribution in [0.5, 0.6) is 0 Å². The highest BCUT2D eigenvalue weighted by atomic mass is 16.1. The van der Waals surface area contributed by atoms with Gasteiger partial charge in [-0.2, -0.15) is 0 Å². The van der Waals surface area contributed by atoms with Crippen molar-refractivity contribution in [2.45, 2.75) is 26.3 Å². The summed E-state index contributed by atoms with van der Waals surface area (Å²) in [7, 11) is 0. The molecule has 4 nitrogen and oxygen atoms in total. The van der Waals surface area contributed by atoms with Crippen molar-refractivity contribution in [3.8, 4) is 0 Å². The predicted octanol–water partition coefficient (Wildman–Crippen LogP) is -0.112. The minimum absolute atomic E-state index is 0.199. The maximum absolute atomic E-state index is 10.8. The lowest BCUT2D eigenvalue weighted by Crippen LogP contribution is -2.50. The van der Waals surface area contributed by atoms with E-state index >= 15 is 0 Å². The summed E-state index contributed by atoms with van der Waals surface area (Å²) in [5.41, 5.74) is 5.18. The number of nitrogens with two attached hydrogens (primary N) is 1. The molecule has 1 rings (SSSR count). The SMILES string of the molecule is CCN1CCN(C(C)CC(N)=O)CC1. The molecule has 1 saturated heterocycles. The van der Waals surface area contributed by atoms with Crippen LogP contribution in [-0.4, -0.2) is 54.5 Å². The third-order valence-electron chi connectivity index (χ3n) is 2.97. The number of carbonyl (C=O) groups is 1. The zero-order valence-electron chi connectivity index (χ0n) is 9.20. The summed E-state index contributed by atoms with van der Waals surface area (Å²) in [5.74, 6) is -0.199. The molecule has 0 saturated carbocycles. The van der Waals surface area contributed by atoms with Gasteiger partial charge in [0, 0.05) is 38.6 Å². The van der Waals surface area contributed by atoms with E-state index < -0.39 is 0 Å². The molecule has 1 fully saturated rings. The monoisotopic (exact) mass is 199 g/mol. The molecule has 1 amide bonds. The first kappa shape index (κ1) is 11.5. The van der Waals surface area contributed by atoms with Crippen molar-refractivity contribution in [1.29, 1.82) is 0 Å². The van der Waals surface area contributed by atoms with E-state index in [0.29, 0.717) is 12.5 Å². The van der Waals surface area contributed by atoms with Crippen LogP contribution in [-0.2, 0) is 4.79 Å². The number of carbonyl (C=O) groups excluding carboxylic acids is 1. The van der Waals surface area contributed by atoms with Crippen LogP contribution in [0.25, 0.3) is 0 Å². The van der Waals surface area contributed by atoms with Gasteiger partial charge in [-0.25, -0.2) is 0 Å². The molecule has 0 aromatic rings. The molecule has 4 heteroatoms. The first-order valence-corrected chi connectivity index (χ1v) is 5.38. The van der Waals surface area contributed by atoms with E-state index in [4.69, 9.17) is 5.73 Å². The molecule has 1 aliphatic heterocycles. The molecule has 1 heterocycles. The number of likely N-dealkylation sites (N-methyl/N-ethyl adjacent to an activating group) is 1. The molecule has 1 atom stereocenters. The van der Waals surface area contributed by atoms with Crippen LogP contribution >= 0.6 is 0 Å². The Labute approximate surface area is 86.0 Å². The summed E-state index contributed by atoms with van der Waals surface area (Å²) < 4.78 is 0. The Hall–Kier alpha value is -0.610. The van der Waals surface area contributed by atoms with Gasteiger partial charge >= 0.3 is 0 Å². The minimum atomic E-state index is -0.199. The quantitative estimate of drug-likeness (QED) is 0.687. The average molecular weight is 199 g/mol. The van der Waals surface area contributed by atoms with Crippen LogP contribution in [0.15, 0.2) is 0 Å². The fourth-order valence-electron chi connectivity index (χ4n) is 1.94. The first-order valence-electron chi connectivity index (χ1n) is 5.38. The molecule has 82 valence electrons. The van der Waals surface area contributed by atoms with Gasteiger partial charge in [0.1, 0.15) is 0 Å². The van der Waals surface area contributed by atoms with Crippen LogP contribution in [0.3, 0.4) is 0 Å². The summed E-state index contributed by atoms with van der Waals surface area (Å²) in [6.07, 6.45) is 0.478. The van der Waals surface area contributed by atoms with Gasteiger partial charge in [0.2, 0.25) is 5.91 Å². The highest BCUT2D eigenvalue weighted by Gasteiger charge is 2.20. The van der Waals surface area contributed by atoms with E-state index in [9.17, 15) is 4.79 Å². The van der Waals surface area contributed by atoms with Crippen LogP contribution in [0, 0.1) is 0 Å². The Morgan fingerprint density at radius 3 is 2.36 bits per heavy atom. The Morgan fingerprint density at radius 2 is 1.93 bits per heavy atom. The number of primary amides is 1. The smallest absolute Gasteiger partial charge is 0.218 e. The maximum Gasteiger partial charge on any atom is 0.218 e. The van der Waals surface area contributed by atoms with Crippen molar-refractivity contribution in [3.05, 3.63) is 0 Å². The maximum atomic E-state index is 10.8. The Morgan fingerprint density at radius 1 is 1.36 bits per heavy atom. The largest absolute Gasteiger partial charge is 0.370 e. The van der Waals surface area contributed by atoms with Crippen molar-refractivity contribution in [2.75, 3.05) is 32.7 Å². The van der Waals surface area contributed by atoms with Crippen LogP contribution in [0.1, 0.15) is 20.3 Å².